The van der Waals surface area contributed by atoms with Crippen LogP contribution < -0.4 is 14.8 Å². The zero-order chi connectivity index (χ0) is 12.7. The second kappa shape index (κ2) is 7.17. The van der Waals surface area contributed by atoms with Crippen molar-refractivity contribution in [3.63, 3.8) is 0 Å². The molecule has 17 heavy (non-hydrogen) atoms. The lowest BCUT2D eigenvalue weighted by atomic mass is 10.0. The van der Waals surface area contributed by atoms with Crippen molar-refractivity contribution < 1.29 is 9.47 Å². The summed E-state index contributed by atoms with van der Waals surface area (Å²) in [4.78, 5) is 0. The Bertz CT molecular complexity index is 306. The lowest BCUT2D eigenvalue weighted by Gasteiger charge is -2.19. The summed E-state index contributed by atoms with van der Waals surface area (Å²) >= 11 is 0. The SMILES string of the molecule is CCC.COc1cc2c(cc1OC)CNCC2. The second-order valence-electron chi connectivity index (χ2n) is 4.11. The predicted octanol–water partition coefficient (Wildman–Crippen LogP) is 2.77. The predicted molar refractivity (Wildman–Crippen MR) is 70.9 cm³/mol. The molecule has 1 aromatic carbocycles. The van der Waals surface area contributed by atoms with Gasteiger partial charge in [0.25, 0.3) is 0 Å². The van der Waals surface area contributed by atoms with Gasteiger partial charge in [-0.25, -0.2) is 0 Å². The average molecular weight is 237 g/mol. The summed E-state index contributed by atoms with van der Waals surface area (Å²) in [5.74, 6) is 1.64. The number of nitrogens with one attached hydrogen (secondary N) is 1. The van der Waals surface area contributed by atoms with E-state index in [2.05, 4.69) is 31.3 Å². The Hall–Kier alpha value is -1.22. The Labute approximate surface area is 104 Å². The number of methoxy groups -OCH3 is 2. The second-order valence-corrected chi connectivity index (χ2v) is 4.11. The van der Waals surface area contributed by atoms with E-state index in [1.54, 1.807) is 14.2 Å². The highest BCUT2D eigenvalue weighted by molar-refractivity contribution is 5.48. The summed E-state index contributed by atoms with van der Waals surface area (Å²) in [7, 11) is 3.34. The number of rotatable bonds is 2. The Morgan fingerprint density at radius 3 is 2.12 bits per heavy atom. The fourth-order valence-corrected chi connectivity index (χ4v) is 1.81. The Balaban J connectivity index is 0.000000437. The third-order valence-corrected chi connectivity index (χ3v) is 2.59. The lowest BCUT2D eigenvalue weighted by Crippen LogP contribution is -2.23. The van der Waals surface area contributed by atoms with Crippen molar-refractivity contribution in [2.24, 2.45) is 0 Å². The van der Waals surface area contributed by atoms with Gasteiger partial charge in [0.15, 0.2) is 11.5 Å². The van der Waals surface area contributed by atoms with E-state index in [1.807, 2.05) is 0 Å². The van der Waals surface area contributed by atoms with Crippen LogP contribution in [0.3, 0.4) is 0 Å². The van der Waals surface area contributed by atoms with Crippen molar-refractivity contribution >= 4 is 0 Å². The van der Waals surface area contributed by atoms with Crippen LogP contribution in [0.25, 0.3) is 0 Å². The molecule has 0 unspecified atom stereocenters. The minimum absolute atomic E-state index is 0.815. The van der Waals surface area contributed by atoms with E-state index >= 15 is 0 Å². The van der Waals surface area contributed by atoms with E-state index < -0.39 is 0 Å². The highest BCUT2D eigenvalue weighted by Crippen LogP contribution is 2.31. The summed E-state index contributed by atoms with van der Waals surface area (Å²) in [6.45, 7) is 6.22. The van der Waals surface area contributed by atoms with Crippen LogP contribution >= 0.6 is 0 Å². The molecule has 0 radical (unpaired) electrons. The summed E-state index contributed by atoms with van der Waals surface area (Å²) in [6, 6.07) is 4.13. The zero-order valence-electron chi connectivity index (χ0n) is 11.3. The molecule has 0 aromatic heterocycles. The molecule has 1 aliphatic rings. The third-order valence-electron chi connectivity index (χ3n) is 2.59. The highest BCUT2D eigenvalue weighted by Gasteiger charge is 2.13. The number of hydrogen-bond donors (Lipinski definition) is 1. The van der Waals surface area contributed by atoms with Gasteiger partial charge >= 0.3 is 0 Å². The van der Waals surface area contributed by atoms with E-state index in [9.17, 15) is 0 Å². The quantitative estimate of drug-likeness (QED) is 0.858. The van der Waals surface area contributed by atoms with Crippen molar-refractivity contribution in [1.29, 1.82) is 0 Å². The number of hydrogen-bond acceptors (Lipinski definition) is 3. The Morgan fingerprint density at radius 1 is 1.06 bits per heavy atom. The molecule has 0 aliphatic carbocycles. The van der Waals surface area contributed by atoms with Gasteiger partial charge in [-0.3, -0.25) is 0 Å². The molecule has 1 heterocycles. The van der Waals surface area contributed by atoms with Crippen molar-refractivity contribution in [3.05, 3.63) is 23.3 Å². The maximum absolute atomic E-state index is 5.26. The zero-order valence-corrected chi connectivity index (χ0v) is 11.3. The molecule has 0 atom stereocenters. The molecule has 3 heteroatoms. The van der Waals surface area contributed by atoms with E-state index in [-0.39, 0.29) is 0 Å². The standard InChI is InChI=1S/C11H15NO2.C3H8/c1-13-10-5-8-3-4-12-7-9(8)6-11(10)14-2;1-3-2/h5-6,12H,3-4,7H2,1-2H3;3H2,1-2H3. The normalized spacial score (nSPS) is 13.2. The van der Waals surface area contributed by atoms with Gasteiger partial charge < -0.3 is 14.8 Å². The van der Waals surface area contributed by atoms with Crippen LogP contribution in [0, 0.1) is 0 Å². The first-order valence-corrected chi connectivity index (χ1v) is 6.21. The average Bonchev–Trinajstić information content (AvgIpc) is 2.38. The molecular formula is C14H23NO2. The molecule has 2 rings (SSSR count). The van der Waals surface area contributed by atoms with Crippen molar-refractivity contribution in [2.45, 2.75) is 33.2 Å². The number of ether oxygens (including phenoxy) is 2. The molecule has 0 bridgehead atoms. The van der Waals surface area contributed by atoms with Gasteiger partial charge in [-0.15, -0.1) is 0 Å². The largest absolute Gasteiger partial charge is 0.493 e. The maximum atomic E-state index is 5.26. The van der Waals surface area contributed by atoms with Crippen molar-refractivity contribution in [2.75, 3.05) is 20.8 Å². The van der Waals surface area contributed by atoms with Crippen LogP contribution in [0.15, 0.2) is 12.1 Å². The third kappa shape index (κ3) is 3.63. The van der Waals surface area contributed by atoms with Gasteiger partial charge in [-0.2, -0.15) is 0 Å². The highest BCUT2D eigenvalue weighted by atomic mass is 16.5. The number of benzene rings is 1. The first kappa shape index (κ1) is 13.8. The molecule has 0 spiro atoms. The monoisotopic (exact) mass is 237 g/mol. The summed E-state index contributed by atoms with van der Waals surface area (Å²) < 4.78 is 10.5. The smallest absolute Gasteiger partial charge is 0.161 e. The molecule has 1 aromatic rings. The van der Waals surface area contributed by atoms with E-state index in [4.69, 9.17) is 9.47 Å². The van der Waals surface area contributed by atoms with Crippen LogP contribution in [0.4, 0.5) is 0 Å². The Morgan fingerprint density at radius 2 is 1.59 bits per heavy atom. The molecule has 1 aliphatic heterocycles. The molecule has 3 nitrogen and oxygen atoms in total. The minimum atomic E-state index is 0.815. The van der Waals surface area contributed by atoms with Gasteiger partial charge in [0, 0.05) is 6.54 Å². The minimum Gasteiger partial charge on any atom is -0.493 e. The van der Waals surface area contributed by atoms with Crippen LogP contribution in [-0.4, -0.2) is 20.8 Å². The summed E-state index contributed by atoms with van der Waals surface area (Å²) in [6.07, 6.45) is 2.32. The van der Waals surface area contributed by atoms with Crippen LogP contribution in [-0.2, 0) is 13.0 Å². The summed E-state index contributed by atoms with van der Waals surface area (Å²) in [5, 5.41) is 3.33. The summed E-state index contributed by atoms with van der Waals surface area (Å²) in [5.41, 5.74) is 2.68. The van der Waals surface area contributed by atoms with E-state index in [1.165, 1.54) is 17.5 Å². The van der Waals surface area contributed by atoms with Crippen LogP contribution in [0.5, 0.6) is 11.5 Å². The molecule has 96 valence electrons. The lowest BCUT2D eigenvalue weighted by molar-refractivity contribution is 0.353. The number of fused-ring (bicyclic) bond motifs is 1. The van der Waals surface area contributed by atoms with Crippen molar-refractivity contribution in [1.82, 2.24) is 5.32 Å². The van der Waals surface area contributed by atoms with Gasteiger partial charge in [-0.05, 0) is 36.2 Å². The fraction of sp³-hybridized carbons (Fsp3) is 0.571. The van der Waals surface area contributed by atoms with Gasteiger partial charge in [0.05, 0.1) is 14.2 Å². The molecule has 0 fully saturated rings. The molecule has 1 N–H and O–H groups in total. The first-order chi connectivity index (χ1) is 8.26. The van der Waals surface area contributed by atoms with E-state index in [0.29, 0.717) is 0 Å². The molecule has 0 saturated heterocycles. The molecule has 0 saturated carbocycles. The maximum Gasteiger partial charge on any atom is 0.161 e. The van der Waals surface area contributed by atoms with Gasteiger partial charge in [0.1, 0.15) is 0 Å². The van der Waals surface area contributed by atoms with E-state index in [0.717, 1.165) is 31.0 Å². The fourth-order valence-electron chi connectivity index (χ4n) is 1.81. The van der Waals surface area contributed by atoms with Gasteiger partial charge in [0.2, 0.25) is 0 Å². The first-order valence-electron chi connectivity index (χ1n) is 6.21. The van der Waals surface area contributed by atoms with Gasteiger partial charge in [-0.1, -0.05) is 20.3 Å². The Kier molecular flexibility index (Phi) is 5.84. The molecular weight excluding hydrogens is 214 g/mol. The van der Waals surface area contributed by atoms with Crippen LogP contribution in [0.2, 0.25) is 0 Å². The topological polar surface area (TPSA) is 30.5 Å². The van der Waals surface area contributed by atoms with Crippen molar-refractivity contribution in [3.8, 4) is 11.5 Å². The molecule has 0 amide bonds. The van der Waals surface area contributed by atoms with Crippen LogP contribution in [0.1, 0.15) is 31.4 Å².